The molecule has 3 N–H and O–H groups in total. The van der Waals surface area contributed by atoms with E-state index >= 15 is 0 Å². The third-order valence-electron chi connectivity index (χ3n) is 3.99. The van der Waals surface area contributed by atoms with Crippen LogP contribution in [0.2, 0.25) is 0 Å². The molecule has 0 aliphatic rings. The molecule has 0 heterocycles. The topological polar surface area (TPSA) is 113 Å². The Hall–Kier alpha value is -1.18. The number of hydrogen-bond donors (Lipinski definition) is 3. The van der Waals surface area contributed by atoms with Crippen LogP contribution in [-0.4, -0.2) is 59.3 Å². The Bertz CT molecular complexity index is 390. The van der Waals surface area contributed by atoms with Crippen LogP contribution in [0.4, 0.5) is 0 Å². The van der Waals surface area contributed by atoms with Crippen LogP contribution in [0.5, 0.6) is 0 Å². The van der Waals surface area contributed by atoms with E-state index in [0.717, 1.165) is 12.8 Å². The molecule has 2 unspecified atom stereocenters. The lowest BCUT2D eigenvalue weighted by atomic mass is 9.84. The molecule has 0 aromatic carbocycles. The summed E-state index contributed by atoms with van der Waals surface area (Å²) in [6, 6.07) is 0. The summed E-state index contributed by atoms with van der Waals surface area (Å²) in [7, 11) is 0. The second kappa shape index (κ2) is 13.9. The van der Waals surface area contributed by atoms with Crippen LogP contribution in [0.25, 0.3) is 0 Å². The molecule has 7 heteroatoms. The molecule has 26 heavy (non-hydrogen) atoms. The van der Waals surface area contributed by atoms with Gasteiger partial charge >= 0.3 is 11.9 Å². The molecular weight excluding hydrogens is 340 g/mol. The fraction of sp³-hybridized carbons (Fsp3) is 0.895. The minimum Gasteiger partial charge on any atom is -0.463 e. The molecule has 0 bridgehead atoms. The van der Waals surface area contributed by atoms with Gasteiger partial charge in [-0.15, -0.1) is 0 Å². The highest BCUT2D eigenvalue weighted by molar-refractivity contribution is 5.70. The molecule has 0 saturated heterocycles. The van der Waals surface area contributed by atoms with E-state index in [1.807, 2.05) is 20.8 Å². The van der Waals surface area contributed by atoms with Crippen LogP contribution < -0.4 is 0 Å². The van der Waals surface area contributed by atoms with Gasteiger partial charge in [-0.2, -0.15) is 0 Å². The van der Waals surface area contributed by atoms with E-state index in [1.54, 1.807) is 0 Å². The van der Waals surface area contributed by atoms with Crippen molar-refractivity contribution in [3.8, 4) is 0 Å². The normalized spacial score (nSPS) is 13.9. The second-order valence-corrected chi connectivity index (χ2v) is 7.57. The fourth-order valence-corrected chi connectivity index (χ4v) is 2.60. The SMILES string of the molecule is CC(C)(C)C(OC(=O)CCCCC(=O)OCCO)C(O)CCCCCO. The van der Waals surface area contributed by atoms with Crippen molar-refractivity contribution in [2.24, 2.45) is 5.41 Å². The Morgan fingerprint density at radius 3 is 2.04 bits per heavy atom. The Balaban J connectivity index is 4.24. The van der Waals surface area contributed by atoms with Crippen molar-refractivity contribution in [3.63, 3.8) is 0 Å². The molecule has 0 fully saturated rings. The van der Waals surface area contributed by atoms with Gasteiger partial charge < -0.3 is 24.8 Å². The summed E-state index contributed by atoms with van der Waals surface area (Å²) < 4.78 is 10.3. The first-order valence-corrected chi connectivity index (χ1v) is 9.47. The van der Waals surface area contributed by atoms with E-state index in [4.69, 9.17) is 19.7 Å². The highest BCUT2D eigenvalue weighted by Gasteiger charge is 2.34. The maximum atomic E-state index is 12.1. The molecule has 7 nitrogen and oxygen atoms in total. The van der Waals surface area contributed by atoms with Gasteiger partial charge in [0.2, 0.25) is 0 Å². The first-order chi connectivity index (χ1) is 12.2. The van der Waals surface area contributed by atoms with Crippen molar-refractivity contribution in [1.82, 2.24) is 0 Å². The molecule has 0 aliphatic heterocycles. The molecule has 0 radical (unpaired) electrons. The minimum atomic E-state index is -0.744. The Labute approximate surface area is 156 Å². The van der Waals surface area contributed by atoms with E-state index in [1.165, 1.54) is 0 Å². The van der Waals surface area contributed by atoms with Gasteiger partial charge in [0.05, 0.1) is 12.7 Å². The molecule has 0 aromatic rings. The number of rotatable bonds is 14. The van der Waals surface area contributed by atoms with Crippen molar-refractivity contribution in [3.05, 3.63) is 0 Å². The van der Waals surface area contributed by atoms with Gasteiger partial charge in [-0.25, -0.2) is 0 Å². The van der Waals surface area contributed by atoms with Crippen LogP contribution in [0, 0.1) is 5.41 Å². The van der Waals surface area contributed by atoms with Crippen LogP contribution in [0.1, 0.15) is 72.1 Å². The maximum absolute atomic E-state index is 12.1. The van der Waals surface area contributed by atoms with E-state index in [0.29, 0.717) is 25.7 Å². The molecule has 0 saturated carbocycles. The van der Waals surface area contributed by atoms with Crippen LogP contribution in [-0.2, 0) is 19.1 Å². The van der Waals surface area contributed by atoms with E-state index in [9.17, 15) is 14.7 Å². The summed E-state index contributed by atoms with van der Waals surface area (Å²) in [5, 5.41) is 27.8. The number of aliphatic hydroxyl groups is 3. The number of aliphatic hydroxyl groups excluding tert-OH is 3. The maximum Gasteiger partial charge on any atom is 0.306 e. The summed E-state index contributed by atoms with van der Waals surface area (Å²) >= 11 is 0. The molecule has 154 valence electrons. The van der Waals surface area contributed by atoms with E-state index in [-0.39, 0.29) is 44.0 Å². The number of ether oxygens (including phenoxy) is 2. The molecule has 2 atom stereocenters. The summed E-state index contributed by atoms with van der Waals surface area (Å²) in [6.45, 7) is 5.68. The van der Waals surface area contributed by atoms with Gasteiger partial charge in [-0.05, 0) is 25.7 Å². The smallest absolute Gasteiger partial charge is 0.306 e. The van der Waals surface area contributed by atoms with Gasteiger partial charge in [-0.3, -0.25) is 9.59 Å². The number of esters is 2. The lowest BCUT2D eigenvalue weighted by Crippen LogP contribution is -2.41. The Morgan fingerprint density at radius 1 is 0.885 bits per heavy atom. The van der Waals surface area contributed by atoms with Crippen LogP contribution in [0.3, 0.4) is 0 Å². The van der Waals surface area contributed by atoms with Gasteiger partial charge in [0.25, 0.3) is 0 Å². The number of hydrogen-bond acceptors (Lipinski definition) is 7. The van der Waals surface area contributed by atoms with Gasteiger partial charge in [0.15, 0.2) is 0 Å². The summed E-state index contributed by atoms with van der Waals surface area (Å²) in [5.41, 5.74) is -0.389. The summed E-state index contributed by atoms with van der Waals surface area (Å²) in [5.74, 6) is -0.777. The zero-order valence-corrected chi connectivity index (χ0v) is 16.4. The summed E-state index contributed by atoms with van der Waals surface area (Å²) in [4.78, 5) is 23.4. The molecule has 0 spiro atoms. The van der Waals surface area contributed by atoms with Crippen molar-refractivity contribution < 1.29 is 34.4 Å². The lowest BCUT2D eigenvalue weighted by Gasteiger charge is -2.34. The third-order valence-corrected chi connectivity index (χ3v) is 3.99. The average Bonchev–Trinajstić information content (AvgIpc) is 2.57. The molecule has 0 aliphatic carbocycles. The van der Waals surface area contributed by atoms with Crippen LogP contribution in [0.15, 0.2) is 0 Å². The predicted octanol–water partition coefficient (Wildman–Crippen LogP) is 1.95. The first-order valence-electron chi connectivity index (χ1n) is 9.47. The molecule has 0 rings (SSSR count). The van der Waals surface area contributed by atoms with Crippen molar-refractivity contribution >= 4 is 11.9 Å². The fourth-order valence-electron chi connectivity index (χ4n) is 2.60. The minimum absolute atomic E-state index is 0.00959. The third kappa shape index (κ3) is 12.2. The van der Waals surface area contributed by atoms with Gasteiger partial charge in [0, 0.05) is 24.9 Å². The predicted molar refractivity (Wildman–Crippen MR) is 97.4 cm³/mol. The number of carbonyl (C=O) groups excluding carboxylic acids is 2. The quantitative estimate of drug-likeness (QED) is 0.314. The van der Waals surface area contributed by atoms with Gasteiger partial charge in [-0.1, -0.05) is 33.6 Å². The van der Waals surface area contributed by atoms with Crippen LogP contribution >= 0.6 is 0 Å². The first kappa shape index (κ1) is 24.8. The standard InChI is InChI=1S/C19H36O7/c1-19(2,3)18(15(22)9-5-4-8-12-20)26-17(24)11-7-6-10-16(23)25-14-13-21/h15,18,20-22H,4-14H2,1-3H3. The Morgan fingerprint density at radius 2 is 1.50 bits per heavy atom. The molecule has 0 aromatic heterocycles. The lowest BCUT2D eigenvalue weighted by molar-refractivity contribution is -0.165. The van der Waals surface area contributed by atoms with Gasteiger partial charge in [0.1, 0.15) is 12.7 Å². The average molecular weight is 376 g/mol. The Kier molecular flexibility index (Phi) is 13.3. The highest BCUT2D eigenvalue weighted by atomic mass is 16.6. The largest absolute Gasteiger partial charge is 0.463 e. The monoisotopic (exact) mass is 376 g/mol. The van der Waals surface area contributed by atoms with Crippen molar-refractivity contribution in [1.29, 1.82) is 0 Å². The number of unbranched alkanes of at least 4 members (excludes halogenated alkanes) is 3. The molecular formula is C19H36O7. The molecule has 0 amide bonds. The van der Waals surface area contributed by atoms with E-state index in [2.05, 4.69) is 0 Å². The highest BCUT2D eigenvalue weighted by Crippen LogP contribution is 2.28. The summed E-state index contributed by atoms with van der Waals surface area (Å²) in [6.07, 6.45) is 2.84. The van der Waals surface area contributed by atoms with E-state index < -0.39 is 18.2 Å². The van der Waals surface area contributed by atoms with Crippen molar-refractivity contribution in [2.75, 3.05) is 19.8 Å². The number of carbonyl (C=O) groups is 2. The zero-order valence-electron chi connectivity index (χ0n) is 16.4. The second-order valence-electron chi connectivity index (χ2n) is 7.57. The van der Waals surface area contributed by atoms with Crippen molar-refractivity contribution in [2.45, 2.75) is 84.3 Å². The zero-order chi connectivity index (χ0) is 20.0.